The van der Waals surface area contributed by atoms with Crippen LogP contribution in [0, 0.1) is 0 Å². The van der Waals surface area contributed by atoms with Gasteiger partial charge in [-0.05, 0) is 43.7 Å². The van der Waals surface area contributed by atoms with E-state index in [1.54, 1.807) is 18.0 Å². The van der Waals surface area contributed by atoms with Crippen LogP contribution in [0.3, 0.4) is 0 Å². The molecule has 0 unspecified atom stereocenters. The smallest absolute Gasteiger partial charge is 0.243 e. The number of rotatable bonds is 10. The highest BCUT2D eigenvalue weighted by Gasteiger charge is 2.36. The molecule has 0 radical (unpaired) electrons. The number of para-hydroxylation sites is 1. The summed E-state index contributed by atoms with van der Waals surface area (Å²) in [7, 11) is 1.55. The highest BCUT2D eigenvalue weighted by molar-refractivity contribution is 5.97. The lowest BCUT2D eigenvalue weighted by Crippen LogP contribution is -2.61. The highest BCUT2D eigenvalue weighted by atomic mass is 16.6. The molecule has 222 valence electrons. The molecule has 2 aromatic rings. The van der Waals surface area contributed by atoms with Crippen molar-refractivity contribution < 1.29 is 28.8 Å². The van der Waals surface area contributed by atoms with Crippen molar-refractivity contribution in [2.24, 2.45) is 0 Å². The molecule has 0 spiro atoms. The second kappa shape index (κ2) is 14.1. The second-order valence-electron chi connectivity index (χ2n) is 10.8. The summed E-state index contributed by atoms with van der Waals surface area (Å²) in [5, 5.41) is 9.32. The Hall–Kier alpha value is -3.89. The van der Waals surface area contributed by atoms with Gasteiger partial charge in [0, 0.05) is 37.4 Å². The van der Waals surface area contributed by atoms with Gasteiger partial charge in [0.15, 0.2) is 0 Å². The zero-order valence-electron chi connectivity index (χ0n) is 23.9. The number of fused-ring (bicyclic) bond motifs is 2. The van der Waals surface area contributed by atoms with Crippen LogP contribution in [-0.2, 0) is 30.4 Å². The lowest BCUT2D eigenvalue weighted by Gasteiger charge is -2.36. The van der Waals surface area contributed by atoms with Gasteiger partial charge < -0.3 is 25.7 Å². The molecule has 3 N–H and O–H groups in total. The van der Waals surface area contributed by atoms with E-state index in [4.69, 9.17) is 4.84 Å². The number of nitrogens with one attached hydrogen (secondary N) is 3. The summed E-state index contributed by atoms with van der Waals surface area (Å²) in [6.45, 7) is 2.01. The fourth-order valence-corrected chi connectivity index (χ4v) is 5.68. The summed E-state index contributed by atoms with van der Waals surface area (Å²) in [5.41, 5.74) is 1.61. The van der Waals surface area contributed by atoms with E-state index >= 15 is 0 Å². The number of nitrogens with zero attached hydrogens (tertiary/aromatic N) is 2. The normalized spacial score (nSPS) is 22.2. The van der Waals surface area contributed by atoms with Crippen molar-refractivity contribution in [1.29, 1.82) is 0 Å². The fourth-order valence-electron chi connectivity index (χ4n) is 5.68. The molecular formula is C30H41N5O6. The van der Waals surface area contributed by atoms with E-state index in [9.17, 15) is 24.0 Å². The molecule has 0 aliphatic carbocycles. The molecule has 41 heavy (non-hydrogen) atoms. The molecule has 3 heterocycles. The van der Waals surface area contributed by atoms with E-state index in [2.05, 4.69) is 16.0 Å². The van der Waals surface area contributed by atoms with Gasteiger partial charge >= 0.3 is 0 Å². The van der Waals surface area contributed by atoms with Gasteiger partial charge in [0.05, 0.1) is 12.1 Å². The minimum atomic E-state index is -0.982. The number of carbonyl (C=O) groups excluding carboxylic acids is 5. The Kier molecular flexibility index (Phi) is 10.4. The van der Waals surface area contributed by atoms with Gasteiger partial charge in [-0.25, -0.2) is 0 Å². The Morgan fingerprint density at radius 3 is 2.54 bits per heavy atom. The molecule has 4 amide bonds. The number of hydrogen-bond donors (Lipinski definition) is 3. The predicted octanol–water partition coefficient (Wildman–Crippen LogP) is 1.65. The molecule has 0 saturated carbocycles. The first kappa shape index (κ1) is 30.1. The molecule has 3 atom stereocenters. The standard InChI is InChI=1S/C30H41N5O6/c1-3-21(36)11-5-4-6-13-23-29(39)33-24(17-20-19-35(41-2)25-14-8-7-12-22(20)25)28(38)31-18-27(37)34-16-10-9-15-26(34)30(40)32-23/h7-8,12,14,19,23-24,26H,3-6,9-11,13,15-18H2,1-2H3,(H,31,38)(H,32,40)(H,33,39)/t23-,24+,26+/m0/s1. The van der Waals surface area contributed by atoms with E-state index in [0.717, 1.165) is 35.7 Å². The number of aromatic nitrogens is 1. The van der Waals surface area contributed by atoms with E-state index in [-0.39, 0.29) is 30.6 Å². The molecule has 2 aliphatic heterocycles. The van der Waals surface area contributed by atoms with Gasteiger partial charge in [-0.2, -0.15) is 4.73 Å². The van der Waals surface area contributed by atoms with Crippen molar-refractivity contribution in [1.82, 2.24) is 25.6 Å². The largest absolute Gasteiger partial charge is 0.417 e. The molecule has 0 bridgehead atoms. The Balaban J connectivity index is 1.57. The lowest BCUT2D eigenvalue weighted by molar-refractivity contribution is -0.144. The van der Waals surface area contributed by atoms with Crippen LogP contribution in [0.4, 0.5) is 0 Å². The third-order valence-corrected chi connectivity index (χ3v) is 8.03. The quantitative estimate of drug-likeness (QED) is 0.373. The van der Waals surface area contributed by atoms with E-state index in [1.807, 2.05) is 31.2 Å². The average Bonchev–Trinajstić information content (AvgIpc) is 3.35. The van der Waals surface area contributed by atoms with Crippen molar-refractivity contribution in [3.05, 3.63) is 36.0 Å². The van der Waals surface area contributed by atoms with E-state index < -0.39 is 29.9 Å². The number of amides is 4. The van der Waals surface area contributed by atoms with Crippen LogP contribution in [-0.4, -0.2) is 77.4 Å². The van der Waals surface area contributed by atoms with Crippen molar-refractivity contribution >= 4 is 40.3 Å². The fraction of sp³-hybridized carbons (Fsp3) is 0.567. The zero-order chi connectivity index (χ0) is 29.4. The second-order valence-corrected chi connectivity index (χ2v) is 10.8. The summed E-state index contributed by atoms with van der Waals surface area (Å²) in [6.07, 6.45) is 7.45. The Morgan fingerprint density at radius 1 is 0.976 bits per heavy atom. The van der Waals surface area contributed by atoms with Crippen LogP contribution in [0.2, 0.25) is 0 Å². The van der Waals surface area contributed by atoms with E-state index in [0.29, 0.717) is 45.1 Å². The first-order valence-electron chi connectivity index (χ1n) is 14.7. The Labute approximate surface area is 240 Å². The lowest BCUT2D eigenvalue weighted by atomic mass is 9.98. The third kappa shape index (κ3) is 7.45. The van der Waals surface area contributed by atoms with Gasteiger partial charge in [-0.3, -0.25) is 24.0 Å². The van der Waals surface area contributed by atoms with Gasteiger partial charge in [-0.1, -0.05) is 38.0 Å². The summed E-state index contributed by atoms with van der Waals surface area (Å²) in [5.74, 6) is -1.40. The number of carbonyl (C=O) groups is 5. The number of ketones is 1. The number of unbranched alkanes of at least 4 members (excludes halogenated alkanes) is 2. The van der Waals surface area contributed by atoms with Crippen molar-refractivity contribution in [2.45, 2.75) is 89.3 Å². The highest BCUT2D eigenvalue weighted by Crippen LogP contribution is 2.23. The van der Waals surface area contributed by atoms with Crippen molar-refractivity contribution in [3.8, 4) is 0 Å². The molecule has 11 heteroatoms. The zero-order valence-corrected chi connectivity index (χ0v) is 23.9. The molecule has 1 aromatic carbocycles. The van der Waals surface area contributed by atoms with Crippen LogP contribution in [0.5, 0.6) is 0 Å². The van der Waals surface area contributed by atoms with Gasteiger partial charge in [-0.15, -0.1) is 0 Å². The molecule has 2 fully saturated rings. The van der Waals surface area contributed by atoms with Crippen LogP contribution >= 0.6 is 0 Å². The maximum absolute atomic E-state index is 13.6. The average molecular weight is 568 g/mol. The monoisotopic (exact) mass is 567 g/mol. The van der Waals surface area contributed by atoms with Crippen LogP contribution in [0.1, 0.15) is 70.3 Å². The Bertz CT molecular complexity index is 1270. The van der Waals surface area contributed by atoms with E-state index in [1.165, 1.54) is 4.90 Å². The predicted molar refractivity (Wildman–Crippen MR) is 153 cm³/mol. The van der Waals surface area contributed by atoms with Crippen LogP contribution in [0.15, 0.2) is 30.5 Å². The summed E-state index contributed by atoms with van der Waals surface area (Å²) in [4.78, 5) is 72.1. The number of piperidine rings is 1. The summed E-state index contributed by atoms with van der Waals surface area (Å²) < 4.78 is 1.60. The molecule has 2 saturated heterocycles. The van der Waals surface area contributed by atoms with Crippen molar-refractivity contribution in [2.75, 3.05) is 20.2 Å². The maximum Gasteiger partial charge on any atom is 0.243 e. The summed E-state index contributed by atoms with van der Waals surface area (Å²) in [6, 6.07) is 5.05. The third-order valence-electron chi connectivity index (χ3n) is 8.03. The minimum absolute atomic E-state index is 0.161. The van der Waals surface area contributed by atoms with Crippen LogP contribution in [0.25, 0.3) is 10.9 Å². The Morgan fingerprint density at radius 2 is 1.76 bits per heavy atom. The molecule has 4 rings (SSSR count). The first-order valence-corrected chi connectivity index (χ1v) is 14.7. The number of benzene rings is 1. The summed E-state index contributed by atoms with van der Waals surface area (Å²) >= 11 is 0. The molecule has 1 aromatic heterocycles. The van der Waals surface area contributed by atoms with Crippen LogP contribution < -0.4 is 20.8 Å². The van der Waals surface area contributed by atoms with Crippen molar-refractivity contribution in [3.63, 3.8) is 0 Å². The molecule has 2 aliphatic rings. The van der Waals surface area contributed by atoms with Gasteiger partial charge in [0.2, 0.25) is 23.6 Å². The molecule has 11 nitrogen and oxygen atoms in total. The minimum Gasteiger partial charge on any atom is -0.417 e. The van der Waals surface area contributed by atoms with Gasteiger partial charge in [0.25, 0.3) is 0 Å². The SMILES string of the molecule is CCC(=O)CCCCC[C@@H]1NC(=O)[C@H]2CCCCN2C(=O)CNC(=O)[C@@H](Cc2cn(OC)c3ccccc23)NC1=O. The topological polar surface area (TPSA) is 139 Å². The number of hydrogen-bond acceptors (Lipinski definition) is 6. The maximum atomic E-state index is 13.6. The molecular weight excluding hydrogens is 526 g/mol. The first-order chi connectivity index (χ1) is 19.8. The number of Topliss-reactive ketones (excluding diaryl/α,β-unsaturated/α-hetero) is 1. The van der Waals surface area contributed by atoms with Gasteiger partial charge in [0.1, 0.15) is 31.0 Å².